The first kappa shape index (κ1) is 25.6. The lowest BCUT2D eigenvalue weighted by Gasteiger charge is -2.43. The number of ether oxygens (including phenoxy) is 3. The van der Waals surface area contributed by atoms with Crippen LogP contribution < -0.4 is 9.47 Å². The minimum Gasteiger partial charge on any atom is -0.504 e. The molecule has 2 aliphatic heterocycles. The fraction of sp³-hybridized carbons (Fsp3) is 0.500. The van der Waals surface area contributed by atoms with Gasteiger partial charge in [-0.1, -0.05) is 17.7 Å². The average molecular weight is 504 g/mol. The number of likely N-dealkylation sites (N-methyl/N-ethyl adjacent to an activating group) is 1. The smallest absolute Gasteiger partial charge is 0.225 e. The third-order valence-corrected chi connectivity index (χ3v) is 6.87. The molecule has 2 fully saturated rings. The number of methoxy groups -OCH3 is 1. The van der Waals surface area contributed by atoms with E-state index in [0.29, 0.717) is 36.2 Å². The summed E-state index contributed by atoms with van der Waals surface area (Å²) in [4.78, 5) is 19.7. The number of benzene rings is 2. The number of halogens is 1. The van der Waals surface area contributed by atoms with E-state index in [2.05, 4.69) is 16.8 Å². The number of hydrogen-bond acceptors (Lipinski definition) is 7. The van der Waals surface area contributed by atoms with E-state index < -0.39 is 5.60 Å². The first-order valence-electron chi connectivity index (χ1n) is 11.9. The molecule has 0 saturated carbocycles. The van der Waals surface area contributed by atoms with Gasteiger partial charge in [0.25, 0.3) is 0 Å². The number of carbonyl (C=O) groups excluding carboxylic acids is 1. The van der Waals surface area contributed by atoms with Gasteiger partial charge in [0.1, 0.15) is 18.0 Å². The van der Waals surface area contributed by atoms with Crippen molar-refractivity contribution in [3.63, 3.8) is 0 Å². The highest BCUT2D eigenvalue weighted by Gasteiger charge is 2.41. The van der Waals surface area contributed by atoms with Crippen LogP contribution in [0.3, 0.4) is 0 Å². The SMILES string of the molecule is COc1ccc(CN2CCOC(COc3ccc(Cl)cc3)(CC(=O)N3CCN(C)CC3)C2)cc1O. The van der Waals surface area contributed by atoms with E-state index >= 15 is 0 Å². The number of phenolic OH excluding ortho intramolecular Hbond substituents is 1. The highest BCUT2D eigenvalue weighted by Crippen LogP contribution is 2.30. The number of morpholine rings is 1. The number of hydrogen-bond donors (Lipinski definition) is 1. The number of nitrogens with zero attached hydrogens (tertiary/aromatic N) is 3. The number of phenols is 1. The maximum atomic E-state index is 13.3. The number of carbonyl (C=O) groups is 1. The summed E-state index contributed by atoms with van der Waals surface area (Å²) in [5.74, 6) is 1.32. The molecule has 190 valence electrons. The van der Waals surface area contributed by atoms with E-state index in [1.54, 1.807) is 24.3 Å². The summed E-state index contributed by atoms with van der Waals surface area (Å²) >= 11 is 6.01. The minimum absolute atomic E-state index is 0.0850. The fourth-order valence-corrected chi connectivity index (χ4v) is 4.71. The second-order valence-electron chi connectivity index (χ2n) is 9.35. The second kappa shape index (κ2) is 11.5. The molecular formula is C26H34ClN3O5. The maximum Gasteiger partial charge on any atom is 0.225 e. The van der Waals surface area contributed by atoms with E-state index in [4.69, 9.17) is 25.8 Å². The predicted molar refractivity (Wildman–Crippen MR) is 134 cm³/mol. The van der Waals surface area contributed by atoms with Crippen molar-refractivity contribution in [2.75, 3.05) is 66.6 Å². The molecular weight excluding hydrogens is 470 g/mol. The van der Waals surface area contributed by atoms with Gasteiger partial charge in [0, 0.05) is 50.8 Å². The molecule has 2 aromatic carbocycles. The van der Waals surface area contributed by atoms with Gasteiger partial charge in [-0.2, -0.15) is 0 Å². The maximum absolute atomic E-state index is 13.3. The van der Waals surface area contributed by atoms with Crippen molar-refractivity contribution < 1.29 is 24.1 Å². The number of amides is 1. The normalized spacial score (nSPS) is 21.6. The molecule has 0 radical (unpaired) electrons. The molecule has 1 atom stereocenters. The molecule has 2 aromatic rings. The van der Waals surface area contributed by atoms with Crippen LogP contribution in [0.2, 0.25) is 5.02 Å². The minimum atomic E-state index is -0.785. The fourth-order valence-electron chi connectivity index (χ4n) is 4.58. The molecule has 0 spiro atoms. The molecule has 35 heavy (non-hydrogen) atoms. The van der Waals surface area contributed by atoms with Crippen LogP contribution >= 0.6 is 11.6 Å². The van der Waals surface area contributed by atoms with E-state index in [0.717, 1.165) is 38.3 Å². The number of piperazine rings is 1. The molecule has 2 aliphatic rings. The van der Waals surface area contributed by atoms with Crippen molar-refractivity contribution in [1.29, 1.82) is 0 Å². The summed E-state index contributed by atoms with van der Waals surface area (Å²) in [6, 6.07) is 12.6. The Labute approximate surface area is 211 Å². The Morgan fingerprint density at radius 1 is 1.11 bits per heavy atom. The zero-order chi connectivity index (χ0) is 24.8. The van der Waals surface area contributed by atoms with Crippen LogP contribution in [0.4, 0.5) is 0 Å². The molecule has 0 bridgehead atoms. The second-order valence-corrected chi connectivity index (χ2v) is 9.79. The third kappa shape index (κ3) is 6.79. The standard InChI is InChI=1S/C26H34ClN3O5/c1-28-9-11-30(12-10-28)25(32)16-26(19-34-22-6-4-21(27)5-7-22)18-29(13-14-35-26)17-20-3-8-24(33-2)23(31)15-20/h3-8,15,31H,9-14,16-19H2,1-2H3. The quantitative estimate of drug-likeness (QED) is 0.593. The monoisotopic (exact) mass is 503 g/mol. The van der Waals surface area contributed by atoms with Crippen molar-refractivity contribution in [2.24, 2.45) is 0 Å². The molecule has 1 unspecified atom stereocenters. The van der Waals surface area contributed by atoms with Crippen LogP contribution in [0.1, 0.15) is 12.0 Å². The van der Waals surface area contributed by atoms with Gasteiger partial charge in [0.15, 0.2) is 11.5 Å². The number of aromatic hydroxyl groups is 1. The van der Waals surface area contributed by atoms with Gasteiger partial charge < -0.3 is 29.1 Å². The van der Waals surface area contributed by atoms with Crippen LogP contribution in [0, 0.1) is 0 Å². The molecule has 2 heterocycles. The molecule has 0 aliphatic carbocycles. The average Bonchev–Trinajstić information content (AvgIpc) is 2.84. The Morgan fingerprint density at radius 2 is 1.86 bits per heavy atom. The Kier molecular flexibility index (Phi) is 8.38. The summed E-state index contributed by atoms with van der Waals surface area (Å²) in [5.41, 5.74) is 0.176. The summed E-state index contributed by atoms with van der Waals surface area (Å²) in [6.45, 7) is 5.79. The van der Waals surface area contributed by atoms with Gasteiger partial charge in [-0.15, -0.1) is 0 Å². The Balaban J connectivity index is 1.48. The van der Waals surface area contributed by atoms with Crippen LogP contribution in [0.25, 0.3) is 0 Å². The van der Waals surface area contributed by atoms with Gasteiger partial charge in [-0.05, 0) is 49.0 Å². The summed E-state index contributed by atoms with van der Waals surface area (Å²) in [5, 5.41) is 10.8. The molecule has 4 rings (SSSR count). The Bertz CT molecular complexity index is 997. The molecule has 1 N–H and O–H groups in total. The van der Waals surface area contributed by atoms with Gasteiger partial charge in [-0.3, -0.25) is 9.69 Å². The lowest BCUT2D eigenvalue weighted by Crippen LogP contribution is -2.58. The van der Waals surface area contributed by atoms with Crippen molar-refractivity contribution >= 4 is 17.5 Å². The zero-order valence-corrected chi connectivity index (χ0v) is 21.2. The number of rotatable bonds is 8. The van der Waals surface area contributed by atoms with Crippen LogP contribution in [-0.2, 0) is 16.1 Å². The van der Waals surface area contributed by atoms with Crippen LogP contribution in [0.15, 0.2) is 42.5 Å². The van der Waals surface area contributed by atoms with Crippen molar-refractivity contribution in [2.45, 2.75) is 18.6 Å². The van der Waals surface area contributed by atoms with Crippen molar-refractivity contribution in [1.82, 2.24) is 14.7 Å². The van der Waals surface area contributed by atoms with Gasteiger partial charge in [0.05, 0.1) is 20.1 Å². The largest absolute Gasteiger partial charge is 0.504 e. The van der Waals surface area contributed by atoms with Gasteiger partial charge >= 0.3 is 0 Å². The Hall–Kier alpha value is -2.52. The van der Waals surface area contributed by atoms with Gasteiger partial charge in [0.2, 0.25) is 5.91 Å². The van der Waals surface area contributed by atoms with E-state index in [9.17, 15) is 9.90 Å². The summed E-state index contributed by atoms with van der Waals surface area (Å²) < 4.78 is 17.6. The zero-order valence-electron chi connectivity index (χ0n) is 20.4. The predicted octanol–water partition coefficient (Wildman–Crippen LogP) is 2.87. The summed E-state index contributed by atoms with van der Waals surface area (Å²) in [6.07, 6.45) is 0.245. The summed E-state index contributed by atoms with van der Waals surface area (Å²) in [7, 11) is 3.60. The van der Waals surface area contributed by atoms with Crippen molar-refractivity contribution in [3.05, 3.63) is 53.1 Å². The lowest BCUT2D eigenvalue weighted by molar-refractivity contribution is -0.157. The van der Waals surface area contributed by atoms with Crippen LogP contribution in [-0.4, -0.2) is 98.0 Å². The molecule has 9 heteroatoms. The highest BCUT2D eigenvalue weighted by molar-refractivity contribution is 6.30. The molecule has 8 nitrogen and oxygen atoms in total. The first-order valence-corrected chi connectivity index (χ1v) is 12.3. The van der Waals surface area contributed by atoms with E-state index in [1.165, 1.54) is 7.11 Å². The third-order valence-electron chi connectivity index (χ3n) is 6.62. The molecule has 0 aromatic heterocycles. The highest BCUT2D eigenvalue weighted by atomic mass is 35.5. The van der Waals surface area contributed by atoms with Crippen LogP contribution in [0.5, 0.6) is 17.2 Å². The topological polar surface area (TPSA) is 74.7 Å². The Morgan fingerprint density at radius 3 is 2.54 bits per heavy atom. The molecule has 2 saturated heterocycles. The van der Waals surface area contributed by atoms with Crippen molar-refractivity contribution in [3.8, 4) is 17.2 Å². The van der Waals surface area contributed by atoms with E-state index in [-0.39, 0.29) is 24.7 Å². The van der Waals surface area contributed by atoms with E-state index in [1.807, 2.05) is 23.1 Å². The lowest BCUT2D eigenvalue weighted by atomic mass is 9.96. The first-order chi connectivity index (χ1) is 16.9. The molecule has 1 amide bonds. The van der Waals surface area contributed by atoms with Gasteiger partial charge in [-0.25, -0.2) is 0 Å².